The van der Waals surface area contributed by atoms with Gasteiger partial charge in [0.2, 0.25) is 11.8 Å². The van der Waals surface area contributed by atoms with E-state index in [-0.39, 0.29) is 18.2 Å². The van der Waals surface area contributed by atoms with E-state index in [9.17, 15) is 14.0 Å². The third-order valence-electron chi connectivity index (χ3n) is 4.26. The maximum absolute atomic E-state index is 13.1. The van der Waals surface area contributed by atoms with Crippen molar-refractivity contribution in [3.63, 3.8) is 0 Å². The quantitative estimate of drug-likeness (QED) is 0.843. The molecular weight excluding hydrogens is 297 g/mol. The van der Waals surface area contributed by atoms with Gasteiger partial charge in [-0.1, -0.05) is 19.3 Å². The molecule has 5 nitrogen and oxygen atoms in total. The minimum absolute atomic E-state index is 0.0968. The number of hydrogen-bond donors (Lipinski definition) is 2. The monoisotopic (exact) mass is 321 g/mol. The van der Waals surface area contributed by atoms with Crippen LogP contribution in [-0.2, 0) is 16.0 Å². The topological polar surface area (TPSA) is 71.1 Å². The molecule has 0 aromatic carbocycles. The SMILES string of the molecule is CCNC(=O)C1(NC(=O)CCc2cncc(F)c2)CCCCC1. The molecule has 0 atom stereocenters. The first kappa shape index (κ1) is 17.4. The Kier molecular flexibility index (Phi) is 6.07. The number of nitrogens with one attached hydrogen (secondary N) is 2. The number of aromatic nitrogens is 1. The fraction of sp³-hybridized carbons (Fsp3) is 0.588. The lowest BCUT2D eigenvalue weighted by atomic mass is 9.80. The Morgan fingerprint density at radius 1 is 1.26 bits per heavy atom. The highest BCUT2D eigenvalue weighted by Crippen LogP contribution is 2.28. The highest BCUT2D eigenvalue weighted by Gasteiger charge is 2.40. The number of carbonyl (C=O) groups excluding carboxylic acids is 2. The average Bonchev–Trinajstić information content (AvgIpc) is 2.54. The summed E-state index contributed by atoms with van der Waals surface area (Å²) in [7, 11) is 0. The Balaban J connectivity index is 1.96. The zero-order valence-corrected chi connectivity index (χ0v) is 13.5. The van der Waals surface area contributed by atoms with Gasteiger partial charge in [-0.05, 0) is 37.8 Å². The van der Waals surface area contributed by atoms with E-state index >= 15 is 0 Å². The van der Waals surface area contributed by atoms with Crippen LogP contribution in [0.4, 0.5) is 4.39 Å². The summed E-state index contributed by atoms with van der Waals surface area (Å²) in [6, 6.07) is 1.38. The number of hydrogen-bond acceptors (Lipinski definition) is 3. The smallest absolute Gasteiger partial charge is 0.245 e. The van der Waals surface area contributed by atoms with Gasteiger partial charge in [0, 0.05) is 19.2 Å². The molecule has 0 spiro atoms. The summed E-state index contributed by atoms with van der Waals surface area (Å²) >= 11 is 0. The summed E-state index contributed by atoms with van der Waals surface area (Å²) in [5, 5.41) is 5.77. The van der Waals surface area contributed by atoms with E-state index in [2.05, 4.69) is 15.6 Å². The Morgan fingerprint density at radius 2 is 2.00 bits per heavy atom. The van der Waals surface area contributed by atoms with Gasteiger partial charge in [0.25, 0.3) is 0 Å². The Bertz CT molecular complexity index is 557. The molecule has 2 N–H and O–H groups in total. The van der Waals surface area contributed by atoms with Crippen LogP contribution in [0, 0.1) is 5.82 Å². The maximum atomic E-state index is 13.1. The van der Waals surface area contributed by atoms with Gasteiger partial charge >= 0.3 is 0 Å². The van der Waals surface area contributed by atoms with Crippen LogP contribution in [0.5, 0.6) is 0 Å². The van der Waals surface area contributed by atoms with Gasteiger partial charge in [-0.3, -0.25) is 14.6 Å². The van der Waals surface area contributed by atoms with E-state index in [0.717, 1.165) is 25.5 Å². The lowest BCUT2D eigenvalue weighted by Crippen LogP contribution is -2.59. The number of amides is 2. The normalized spacial score (nSPS) is 16.6. The minimum Gasteiger partial charge on any atom is -0.354 e. The Labute approximate surface area is 136 Å². The van der Waals surface area contributed by atoms with E-state index in [0.29, 0.717) is 31.4 Å². The molecule has 0 saturated heterocycles. The highest BCUT2D eigenvalue weighted by atomic mass is 19.1. The molecule has 1 heterocycles. The molecule has 0 aliphatic heterocycles. The zero-order valence-electron chi connectivity index (χ0n) is 13.5. The van der Waals surface area contributed by atoms with Crippen molar-refractivity contribution in [3.05, 3.63) is 29.8 Å². The first-order valence-corrected chi connectivity index (χ1v) is 8.24. The van der Waals surface area contributed by atoms with Crippen LogP contribution in [0.1, 0.15) is 51.0 Å². The van der Waals surface area contributed by atoms with Crippen LogP contribution >= 0.6 is 0 Å². The van der Waals surface area contributed by atoms with Gasteiger partial charge in [-0.25, -0.2) is 4.39 Å². The van der Waals surface area contributed by atoms with Crippen molar-refractivity contribution in [1.29, 1.82) is 0 Å². The second kappa shape index (κ2) is 8.04. The summed E-state index contributed by atoms with van der Waals surface area (Å²) < 4.78 is 13.1. The molecule has 23 heavy (non-hydrogen) atoms. The Hall–Kier alpha value is -1.98. The summed E-state index contributed by atoms with van der Waals surface area (Å²) in [6.07, 6.45) is 7.61. The fourth-order valence-corrected chi connectivity index (χ4v) is 3.07. The maximum Gasteiger partial charge on any atom is 0.245 e. The molecule has 6 heteroatoms. The number of rotatable bonds is 6. The lowest BCUT2D eigenvalue weighted by Gasteiger charge is -2.36. The molecule has 2 amide bonds. The number of aryl methyl sites for hydroxylation is 1. The van der Waals surface area contributed by atoms with E-state index in [1.165, 1.54) is 6.07 Å². The summed E-state index contributed by atoms with van der Waals surface area (Å²) in [5.41, 5.74) is -0.109. The minimum atomic E-state index is -0.786. The summed E-state index contributed by atoms with van der Waals surface area (Å²) in [4.78, 5) is 28.4. The molecule has 0 radical (unpaired) electrons. The van der Waals surface area contributed by atoms with Crippen LogP contribution in [-0.4, -0.2) is 28.9 Å². The zero-order chi connectivity index (χ0) is 16.7. The highest BCUT2D eigenvalue weighted by molar-refractivity contribution is 5.91. The second-order valence-corrected chi connectivity index (χ2v) is 6.06. The predicted octanol–water partition coefficient (Wildman–Crippen LogP) is 2.11. The van der Waals surface area contributed by atoms with Gasteiger partial charge in [-0.15, -0.1) is 0 Å². The van der Waals surface area contributed by atoms with Crippen molar-refractivity contribution >= 4 is 11.8 Å². The van der Waals surface area contributed by atoms with E-state index < -0.39 is 11.4 Å². The van der Waals surface area contributed by atoms with E-state index in [1.807, 2.05) is 6.92 Å². The van der Waals surface area contributed by atoms with Crippen LogP contribution in [0.2, 0.25) is 0 Å². The Morgan fingerprint density at radius 3 is 2.65 bits per heavy atom. The van der Waals surface area contributed by atoms with Crippen molar-refractivity contribution < 1.29 is 14.0 Å². The molecule has 2 rings (SSSR count). The largest absolute Gasteiger partial charge is 0.354 e. The second-order valence-electron chi connectivity index (χ2n) is 6.06. The molecule has 0 unspecified atom stereocenters. The third-order valence-corrected chi connectivity index (χ3v) is 4.26. The fourth-order valence-electron chi connectivity index (χ4n) is 3.07. The van der Waals surface area contributed by atoms with Gasteiger partial charge in [-0.2, -0.15) is 0 Å². The lowest BCUT2D eigenvalue weighted by molar-refractivity contribution is -0.135. The van der Waals surface area contributed by atoms with Crippen molar-refractivity contribution in [3.8, 4) is 0 Å². The number of likely N-dealkylation sites (N-methyl/N-ethyl adjacent to an activating group) is 1. The van der Waals surface area contributed by atoms with Gasteiger partial charge in [0.1, 0.15) is 11.4 Å². The van der Waals surface area contributed by atoms with E-state index in [4.69, 9.17) is 0 Å². The van der Waals surface area contributed by atoms with Gasteiger partial charge < -0.3 is 10.6 Å². The number of halogens is 1. The van der Waals surface area contributed by atoms with Crippen molar-refractivity contribution in [2.24, 2.45) is 0 Å². The molecule has 0 bridgehead atoms. The van der Waals surface area contributed by atoms with Crippen LogP contribution < -0.4 is 10.6 Å². The number of nitrogens with zero attached hydrogens (tertiary/aromatic N) is 1. The van der Waals surface area contributed by atoms with Crippen LogP contribution in [0.25, 0.3) is 0 Å². The number of carbonyl (C=O) groups is 2. The summed E-state index contributed by atoms with van der Waals surface area (Å²) in [5.74, 6) is -0.683. The van der Waals surface area contributed by atoms with Gasteiger partial charge in [0.15, 0.2) is 0 Å². The molecule has 1 aromatic rings. The standard InChI is InChI=1S/C17H24FN3O2/c1-2-20-16(23)17(8-4-3-5-9-17)21-15(22)7-6-13-10-14(18)12-19-11-13/h10-12H,2-9H2,1H3,(H,20,23)(H,21,22). The first-order chi connectivity index (χ1) is 11.1. The number of pyridine rings is 1. The molecule has 1 aliphatic carbocycles. The van der Waals surface area contributed by atoms with Crippen LogP contribution in [0.3, 0.4) is 0 Å². The molecule has 1 fully saturated rings. The average molecular weight is 321 g/mol. The van der Waals surface area contributed by atoms with E-state index in [1.54, 1.807) is 6.20 Å². The molecule has 126 valence electrons. The molecule has 1 aliphatic rings. The molecule has 1 saturated carbocycles. The van der Waals surface area contributed by atoms with Crippen molar-refractivity contribution in [2.45, 2.75) is 57.4 Å². The summed E-state index contributed by atoms with van der Waals surface area (Å²) in [6.45, 7) is 2.42. The first-order valence-electron chi connectivity index (χ1n) is 8.24. The predicted molar refractivity (Wildman–Crippen MR) is 85.2 cm³/mol. The van der Waals surface area contributed by atoms with Gasteiger partial charge in [0.05, 0.1) is 6.20 Å². The van der Waals surface area contributed by atoms with Crippen molar-refractivity contribution in [1.82, 2.24) is 15.6 Å². The third kappa shape index (κ3) is 4.74. The molecule has 1 aromatic heterocycles. The van der Waals surface area contributed by atoms with Crippen LogP contribution in [0.15, 0.2) is 18.5 Å². The molecular formula is C17H24FN3O2. The van der Waals surface area contributed by atoms with Crippen molar-refractivity contribution in [2.75, 3.05) is 6.54 Å².